The van der Waals surface area contributed by atoms with E-state index in [0.717, 1.165) is 29.5 Å². The van der Waals surface area contributed by atoms with Gasteiger partial charge >= 0.3 is 0 Å². The van der Waals surface area contributed by atoms with E-state index in [9.17, 15) is 4.79 Å². The molecule has 6 heteroatoms. The number of aryl methyl sites for hydroxylation is 1. The van der Waals surface area contributed by atoms with Crippen LogP contribution < -0.4 is 10.2 Å². The predicted molar refractivity (Wildman–Crippen MR) is 97.2 cm³/mol. The fourth-order valence-corrected chi connectivity index (χ4v) is 3.01. The lowest BCUT2D eigenvalue weighted by molar-refractivity contribution is -0.115. The Balaban J connectivity index is 1.95. The summed E-state index contributed by atoms with van der Waals surface area (Å²) in [6, 6.07) is 7.81. The van der Waals surface area contributed by atoms with E-state index in [-0.39, 0.29) is 11.2 Å². The number of hydrogen-bond acceptors (Lipinski definition) is 4. The van der Waals surface area contributed by atoms with Crippen molar-refractivity contribution in [3.63, 3.8) is 0 Å². The van der Waals surface area contributed by atoms with Gasteiger partial charge in [-0.1, -0.05) is 18.7 Å². The monoisotopic (exact) mass is 332 g/mol. The highest BCUT2D eigenvalue weighted by Crippen LogP contribution is 2.23. The number of nitrogens with zero attached hydrogens (tertiary/aromatic N) is 3. The third-order valence-electron chi connectivity index (χ3n) is 3.44. The van der Waals surface area contributed by atoms with Crippen LogP contribution >= 0.6 is 11.8 Å². The first kappa shape index (κ1) is 17.4. The van der Waals surface area contributed by atoms with Gasteiger partial charge in [0.1, 0.15) is 0 Å². The second-order valence-corrected chi connectivity index (χ2v) is 6.90. The molecule has 0 aliphatic heterocycles. The SMILES string of the molecule is CCCn1ccnc1SC(C)C(=O)Nc1ccc(N(C)C)cc1. The van der Waals surface area contributed by atoms with Gasteiger partial charge in [0.2, 0.25) is 5.91 Å². The van der Waals surface area contributed by atoms with E-state index in [1.54, 1.807) is 6.20 Å². The second kappa shape index (κ2) is 8.06. The molecule has 0 radical (unpaired) electrons. The number of hydrogen-bond donors (Lipinski definition) is 1. The molecule has 1 amide bonds. The highest BCUT2D eigenvalue weighted by Gasteiger charge is 2.17. The molecule has 2 rings (SSSR count). The largest absolute Gasteiger partial charge is 0.378 e. The maximum atomic E-state index is 12.3. The summed E-state index contributed by atoms with van der Waals surface area (Å²) in [6.07, 6.45) is 4.78. The van der Waals surface area contributed by atoms with Crippen molar-refractivity contribution in [3.05, 3.63) is 36.7 Å². The highest BCUT2D eigenvalue weighted by atomic mass is 32.2. The van der Waals surface area contributed by atoms with Crippen molar-refractivity contribution in [2.24, 2.45) is 0 Å². The van der Waals surface area contributed by atoms with Gasteiger partial charge in [0.05, 0.1) is 5.25 Å². The van der Waals surface area contributed by atoms with Gasteiger partial charge in [-0.25, -0.2) is 4.98 Å². The Labute approximate surface area is 142 Å². The number of amides is 1. The molecule has 1 aromatic heterocycles. The minimum absolute atomic E-state index is 0.0151. The van der Waals surface area contributed by atoms with Gasteiger partial charge in [0.25, 0.3) is 0 Å². The number of anilines is 2. The summed E-state index contributed by atoms with van der Waals surface area (Å²) in [4.78, 5) is 18.7. The predicted octanol–water partition coefficient (Wildman–Crippen LogP) is 3.48. The number of imidazole rings is 1. The molecule has 1 N–H and O–H groups in total. The number of thioether (sulfide) groups is 1. The lowest BCUT2D eigenvalue weighted by Gasteiger charge is -2.15. The number of benzene rings is 1. The molecule has 1 aromatic carbocycles. The van der Waals surface area contributed by atoms with E-state index < -0.39 is 0 Å². The van der Waals surface area contributed by atoms with Crippen molar-refractivity contribution in [2.75, 3.05) is 24.3 Å². The first-order valence-electron chi connectivity index (χ1n) is 7.77. The third-order valence-corrected chi connectivity index (χ3v) is 4.56. The molecule has 1 heterocycles. The zero-order valence-corrected chi connectivity index (χ0v) is 14.9. The minimum Gasteiger partial charge on any atom is -0.378 e. The molecule has 23 heavy (non-hydrogen) atoms. The Kier molecular flexibility index (Phi) is 6.10. The van der Waals surface area contributed by atoms with Crippen LogP contribution in [0.2, 0.25) is 0 Å². The van der Waals surface area contributed by atoms with Crippen LogP contribution in [0.15, 0.2) is 41.8 Å². The molecule has 1 unspecified atom stereocenters. The molecule has 0 saturated carbocycles. The first-order chi connectivity index (χ1) is 11.0. The summed E-state index contributed by atoms with van der Waals surface area (Å²) < 4.78 is 2.08. The number of carbonyl (C=O) groups excluding carboxylic acids is 1. The third kappa shape index (κ3) is 4.76. The van der Waals surface area contributed by atoms with Gasteiger partial charge < -0.3 is 14.8 Å². The average Bonchev–Trinajstić information content (AvgIpc) is 2.95. The minimum atomic E-state index is -0.207. The van der Waals surface area contributed by atoms with Gasteiger partial charge in [-0.05, 0) is 37.6 Å². The normalized spacial score (nSPS) is 12.0. The fourth-order valence-electron chi connectivity index (χ4n) is 2.12. The summed E-state index contributed by atoms with van der Waals surface area (Å²) >= 11 is 1.48. The molecule has 0 aliphatic rings. The zero-order chi connectivity index (χ0) is 16.8. The van der Waals surface area contributed by atoms with Crippen molar-refractivity contribution in [2.45, 2.75) is 37.2 Å². The molecule has 0 spiro atoms. The van der Waals surface area contributed by atoms with Crippen LogP contribution in [-0.4, -0.2) is 34.8 Å². The smallest absolute Gasteiger partial charge is 0.237 e. The van der Waals surface area contributed by atoms with E-state index in [4.69, 9.17) is 0 Å². The van der Waals surface area contributed by atoms with Crippen LogP contribution in [0.3, 0.4) is 0 Å². The van der Waals surface area contributed by atoms with E-state index in [1.165, 1.54) is 11.8 Å². The van der Waals surface area contributed by atoms with Crippen LogP contribution in [0.1, 0.15) is 20.3 Å². The molecule has 5 nitrogen and oxygen atoms in total. The van der Waals surface area contributed by atoms with Crippen LogP contribution in [-0.2, 0) is 11.3 Å². The number of nitrogens with one attached hydrogen (secondary N) is 1. The standard InChI is InChI=1S/C17H24N4OS/c1-5-11-21-12-10-18-17(21)23-13(2)16(22)19-14-6-8-15(9-7-14)20(3)4/h6-10,12-13H,5,11H2,1-4H3,(H,19,22). The maximum Gasteiger partial charge on any atom is 0.237 e. The summed E-state index contributed by atoms with van der Waals surface area (Å²) in [7, 11) is 3.98. The topological polar surface area (TPSA) is 50.2 Å². The summed E-state index contributed by atoms with van der Waals surface area (Å²) in [6.45, 7) is 4.95. The maximum absolute atomic E-state index is 12.3. The van der Waals surface area contributed by atoms with Gasteiger partial charge in [-0.3, -0.25) is 4.79 Å². The Morgan fingerprint density at radius 1 is 1.35 bits per heavy atom. The quantitative estimate of drug-likeness (QED) is 0.789. The van der Waals surface area contributed by atoms with E-state index in [2.05, 4.69) is 21.8 Å². The molecular weight excluding hydrogens is 308 g/mol. The van der Waals surface area contributed by atoms with Crippen molar-refractivity contribution in [1.82, 2.24) is 9.55 Å². The van der Waals surface area contributed by atoms with Crippen LogP contribution in [0, 0.1) is 0 Å². The van der Waals surface area contributed by atoms with Gasteiger partial charge in [-0.2, -0.15) is 0 Å². The van der Waals surface area contributed by atoms with Crippen molar-refractivity contribution >= 4 is 29.0 Å². The van der Waals surface area contributed by atoms with Crippen molar-refractivity contribution < 1.29 is 4.79 Å². The van der Waals surface area contributed by atoms with E-state index in [1.807, 2.05) is 56.4 Å². The second-order valence-electron chi connectivity index (χ2n) is 5.59. The van der Waals surface area contributed by atoms with Crippen LogP contribution in [0.5, 0.6) is 0 Å². The lowest BCUT2D eigenvalue weighted by Crippen LogP contribution is -2.23. The van der Waals surface area contributed by atoms with Crippen molar-refractivity contribution in [3.8, 4) is 0 Å². The number of rotatable bonds is 7. The molecule has 0 aliphatic carbocycles. The number of aromatic nitrogens is 2. The molecule has 0 saturated heterocycles. The summed E-state index contributed by atoms with van der Waals surface area (Å²) in [5.74, 6) is -0.0151. The summed E-state index contributed by atoms with van der Waals surface area (Å²) in [5, 5.41) is 3.64. The van der Waals surface area contributed by atoms with Gasteiger partial charge in [0, 0.05) is 44.4 Å². The molecule has 0 bridgehead atoms. The average molecular weight is 332 g/mol. The molecule has 2 aromatic rings. The Morgan fingerprint density at radius 3 is 2.65 bits per heavy atom. The van der Waals surface area contributed by atoms with E-state index in [0.29, 0.717) is 0 Å². The molecular formula is C17H24N4OS. The molecule has 124 valence electrons. The Morgan fingerprint density at radius 2 is 2.04 bits per heavy atom. The first-order valence-corrected chi connectivity index (χ1v) is 8.65. The van der Waals surface area contributed by atoms with Gasteiger partial charge in [0.15, 0.2) is 5.16 Å². The van der Waals surface area contributed by atoms with Crippen LogP contribution in [0.25, 0.3) is 0 Å². The zero-order valence-electron chi connectivity index (χ0n) is 14.1. The van der Waals surface area contributed by atoms with E-state index >= 15 is 0 Å². The number of carbonyl (C=O) groups is 1. The fraction of sp³-hybridized carbons (Fsp3) is 0.412. The van der Waals surface area contributed by atoms with Crippen molar-refractivity contribution in [1.29, 1.82) is 0 Å². The molecule has 0 fully saturated rings. The Hall–Kier alpha value is -1.95. The van der Waals surface area contributed by atoms with Gasteiger partial charge in [-0.15, -0.1) is 0 Å². The molecule has 1 atom stereocenters. The Bertz CT molecular complexity index is 636. The van der Waals surface area contributed by atoms with Crippen LogP contribution in [0.4, 0.5) is 11.4 Å². The lowest BCUT2D eigenvalue weighted by atomic mass is 10.2. The summed E-state index contributed by atoms with van der Waals surface area (Å²) in [5.41, 5.74) is 1.91. The highest BCUT2D eigenvalue weighted by molar-refractivity contribution is 8.00.